The van der Waals surface area contributed by atoms with E-state index < -0.39 is 0 Å². The molecule has 5 aromatic rings. The number of rotatable bonds is 7. The Morgan fingerprint density at radius 2 is 1.89 bits per heavy atom. The van der Waals surface area contributed by atoms with E-state index in [1.165, 1.54) is 0 Å². The number of aryl methyl sites for hydroxylation is 1. The first-order valence-electron chi connectivity index (χ1n) is 11.7. The zero-order valence-corrected chi connectivity index (χ0v) is 19.4. The van der Waals surface area contributed by atoms with Crippen LogP contribution in [0, 0.1) is 6.92 Å². The summed E-state index contributed by atoms with van der Waals surface area (Å²) in [5.74, 6) is 1.29. The molecule has 0 saturated carbocycles. The van der Waals surface area contributed by atoms with Crippen molar-refractivity contribution >= 4 is 11.1 Å². The van der Waals surface area contributed by atoms with Gasteiger partial charge in [0.1, 0.15) is 17.9 Å². The molecule has 1 aliphatic heterocycles. The molecule has 174 valence electrons. The van der Waals surface area contributed by atoms with Crippen molar-refractivity contribution in [1.82, 2.24) is 15.3 Å². The smallest absolute Gasteiger partial charge is 0.228 e. The van der Waals surface area contributed by atoms with E-state index in [0.29, 0.717) is 30.4 Å². The average Bonchev–Trinajstić information content (AvgIpc) is 3.34. The van der Waals surface area contributed by atoms with Crippen molar-refractivity contribution in [3.05, 3.63) is 101 Å². The van der Waals surface area contributed by atoms with Crippen LogP contribution in [0.1, 0.15) is 28.4 Å². The molecule has 3 bridgehead atoms. The Bertz CT molecular complexity index is 1500. The standard InChI is InChI=1S/C29H25N3O3/c1-18-10-11-21(19-7-3-2-4-8-19)27-26(18)28(31-13-14-33)22-15-23-25(35-29(27)32-23)16-24(22)34-17-20-9-5-6-12-30-20/h2-12,15-16,28,31,33H,13-14,17H2,1H3. The minimum absolute atomic E-state index is 0.0236. The number of nitrogens with zero attached hydrogens (tertiary/aromatic N) is 2. The van der Waals surface area contributed by atoms with Crippen molar-refractivity contribution in [2.24, 2.45) is 0 Å². The van der Waals surface area contributed by atoms with Crippen LogP contribution in [-0.2, 0) is 6.61 Å². The molecule has 2 N–H and O–H groups in total. The maximum absolute atomic E-state index is 9.68. The molecule has 6 heteroatoms. The van der Waals surface area contributed by atoms with Crippen molar-refractivity contribution in [2.45, 2.75) is 19.6 Å². The summed E-state index contributed by atoms with van der Waals surface area (Å²) in [5, 5.41) is 13.2. The van der Waals surface area contributed by atoms with Gasteiger partial charge in [0.25, 0.3) is 0 Å². The Morgan fingerprint density at radius 3 is 2.69 bits per heavy atom. The maximum atomic E-state index is 9.68. The third-order valence-corrected chi connectivity index (χ3v) is 6.44. The van der Waals surface area contributed by atoms with Crippen LogP contribution in [0.15, 0.2) is 83.4 Å². The molecule has 0 fully saturated rings. The van der Waals surface area contributed by atoms with Gasteiger partial charge in [-0.05, 0) is 47.4 Å². The van der Waals surface area contributed by atoms with Gasteiger partial charge in [0.15, 0.2) is 5.58 Å². The Morgan fingerprint density at radius 1 is 1.03 bits per heavy atom. The number of fused-ring (bicyclic) bond motifs is 4. The van der Waals surface area contributed by atoms with Crippen molar-refractivity contribution < 1.29 is 14.3 Å². The highest BCUT2D eigenvalue weighted by molar-refractivity contribution is 5.89. The molecule has 3 aromatic carbocycles. The summed E-state index contributed by atoms with van der Waals surface area (Å²) in [5.41, 5.74) is 8.54. The normalized spacial score (nSPS) is 14.2. The van der Waals surface area contributed by atoms with Crippen molar-refractivity contribution in [3.63, 3.8) is 0 Å². The summed E-state index contributed by atoms with van der Waals surface area (Å²) in [6, 6.07) is 24.0. The van der Waals surface area contributed by atoms with E-state index in [4.69, 9.17) is 14.1 Å². The second-order valence-electron chi connectivity index (χ2n) is 8.68. The quantitative estimate of drug-likeness (QED) is 0.335. The number of aromatic nitrogens is 2. The lowest BCUT2D eigenvalue weighted by molar-refractivity contribution is 0.282. The number of aliphatic hydroxyl groups is 1. The molecule has 1 unspecified atom stereocenters. The third-order valence-electron chi connectivity index (χ3n) is 6.44. The first-order chi connectivity index (χ1) is 17.2. The molecule has 0 saturated heterocycles. The van der Waals surface area contributed by atoms with Gasteiger partial charge >= 0.3 is 0 Å². The number of hydrogen-bond donors (Lipinski definition) is 2. The van der Waals surface area contributed by atoms with E-state index in [1.54, 1.807) is 6.20 Å². The Hall–Kier alpha value is -4.00. The second kappa shape index (κ2) is 8.98. The number of aliphatic hydroxyl groups excluding tert-OH is 1. The van der Waals surface area contributed by atoms with Crippen LogP contribution in [0.25, 0.3) is 33.7 Å². The molecule has 1 aliphatic rings. The van der Waals surface area contributed by atoms with Gasteiger partial charge in [-0.1, -0.05) is 48.5 Å². The highest BCUT2D eigenvalue weighted by Crippen LogP contribution is 2.46. The van der Waals surface area contributed by atoms with Crippen LogP contribution in [0.4, 0.5) is 0 Å². The number of ether oxygens (including phenoxy) is 1. The minimum Gasteiger partial charge on any atom is -0.487 e. The predicted molar refractivity (Wildman–Crippen MR) is 135 cm³/mol. The first-order valence-corrected chi connectivity index (χ1v) is 11.7. The molecule has 6 rings (SSSR count). The van der Waals surface area contributed by atoms with Crippen LogP contribution in [-0.4, -0.2) is 28.2 Å². The van der Waals surface area contributed by atoms with E-state index in [9.17, 15) is 5.11 Å². The molecule has 0 radical (unpaired) electrons. The fourth-order valence-corrected chi connectivity index (χ4v) is 4.82. The minimum atomic E-state index is -0.223. The first kappa shape index (κ1) is 21.5. The van der Waals surface area contributed by atoms with Crippen molar-refractivity contribution in [2.75, 3.05) is 13.2 Å². The fourth-order valence-electron chi connectivity index (χ4n) is 4.82. The van der Waals surface area contributed by atoms with E-state index in [2.05, 4.69) is 41.5 Å². The molecule has 35 heavy (non-hydrogen) atoms. The zero-order valence-electron chi connectivity index (χ0n) is 19.4. The summed E-state index contributed by atoms with van der Waals surface area (Å²) in [7, 11) is 0. The zero-order chi connectivity index (χ0) is 23.8. The number of pyridine rings is 1. The monoisotopic (exact) mass is 463 g/mol. The highest BCUT2D eigenvalue weighted by Gasteiger charge is 2.31. The molecule has 6 nitrogen and oxygen atoms in total. The van der Waals surface area contributed by atoms with Gasteiger partial charge < -0.3 is 19.6 Å². The van der Waals surface area contributed by atoms with Crippen molar-refractivity contribution in [3.8, 4) is 28.3 Å². The molecule has 0 spiro atoms. The molecule has 0 amide bonds. The third kappa shape index (κ3) is 3.87. The van der Waals surface area contributed by atoms with E-state index in [1.807, 2.05) is 48.5 Å². The van der Waals surface area contributed by atoms with E-state index in [0.717, 1.165) is 44.6 Å². The molecule has 0 aliphatic carbocycles. The fraction of sp³-hybridized carbons (Fsp3) is 0.172. The van der Waals surface area contributed by atoms with Gasteiger partial charge in [-0.15, -0.1) is 0 Å². The Balaban J connectivity index is 1.56. The van der Waals surface area contributed by atoms with Crippen LogP contribution in [0.2, 0.25) is 0 Å². The SMILES string of the molecule is Cc1ccc(-c2ccccc2)c2c1C(NCCO)c1cc3nc-2oc3cc1OCc1ccccn1. The summed E-state index contributed by atoms with van der Waals surface area (Å²) in [6.07, 6.45) is 1.76. The lowest BCUT2D eigenvalue weighted by Gasteiger charge is -2.27. The molecule has 2 aromatic heterocycles. The van der Waals surface area contributed by atoms with E-state index in [-0.39, 0.29) is 12.6 Å². The van der Waals surface area contributed by atoms with E-state index >= 15 is 0 Å². The highest BCUT2D eigenvalue weighted by atomic mass is 16.5. The number of hydrogen-bond acceptors (Lipinski definition) is 6. The molecular weight excluding hydrogens is 438 g/mol. The number of benzene rings is 3. The van der Waals surface area contributed by atoms with Crippen molar-refractivity contribution in [1.29, 1.82) is 0 Å². The molecule has 1 atom stereocenters. The summed E-state index contributed by atoms with van der Waals surface area (Å²) >= 11 is 0. The maximum Gasteiger partial charge on any atom is 0.228 e. The van der Waals surface area contributed by atoms with Gasteiger partial charge in [0, 0.05) is 24.4 Å². The largest absolute Gasteiger partial charge is 0.487 e. The summed E-state index contributed by atoms with van der Waals surface area (Å²) in [4.78, 5) is 9.26. The van der Waals surface area contributed by atoms with Gasteiger partial charge in [0.05, 0.1) is 23.9 Å². The Labute approximate surface area is 203 Å². The Kier molecular flexibility index (Phi) is 5.52. The topological polar surface area (TPSA) is 80.4 Å². The van der Waals surface area contributed by atoms with Gasteiger partial charge in [-0.3, -0.25) is 4.98 Å². The number of nitrogens with one attached hydrogen (secondary N) is 1. The van der Waals surface area contributed by atoms with Crippen LogP contribution in [0.3, 0.4) is 0 Å². The summed E-state index contributed by atoms with van der Waals surface area (Å²) < 4.78 is 12.7. The van der Waals surface area contributed by atoms with Crippen LogP contribution < -0.4 is 10.1 Å². The molecule has 3 heterocycles. The van der Waals surface area contributed by atoms with Gasteiger partial charge in [-0.25, -0.2) is 4.98 Å². The van der Waals surface area contributed by atoms with Gasteiger partial charge in [-0.2, -0.15) is 0 Å². The van der Waals surface area contributed by atoms with Crippen LogP contribution >= 0.6 is 0 Å². The van der Waals surface area contributed by atoms with Gasteiger partial charge in [0.2, 0.25) is 5.89 Å². The lowest BCUT2D eigenvalue weighted by Crippen LogP contribution is -2.27. The van der Waals surface area contributed by atoms with Crippen LogP contribution in [0.5, 0.6) is 5.75 Å². The molecular formula is C29H25N3O3. The predicted octanol–water partition coefficient (Wildman–Crippen LogP) is 5.43. The summed E-state index contributed by atoms with van der Waals surface area (Å²) in [6.45, 7) is 2.89. The lowest BCUT2D eigenvalue weighted by atomic mass is 9.85. The average molecular weight is 464 g/mol. The second-order valence-corrected chi connectivity index (χ2v) is 8.68. The number of oxazole rings is 1.